The summed E-state index contributed by atoms with van der Waals surface area (Å²) in [5.41, 5.74) is 6.19. The van der Waals surface area contributed by atoms with E-state index in [0.717, 1.165) is 13.0 Å². The predicted molar refractivity (Wildman–Crippen MR) is 61.3 cm³/mol. The second-order valence-electron chi connectivity index (χ2n) is 3.54. The molecule has 1 amide bonds. The van der Waals surface area contributed by atoms with Crippen LogP contribution < -0.4 is 16.0 Å². The van der Waals surface area contributed by atoms with E-state index in [1.165, 1.54) is 6.20 Å². The maximum atomic E-state index is 11.4. The standard InChI is InChI=1S/C9H12ClN5O/c10-9-13-4-6(11)8(14-9)15-3-1-2-12-7(16)5-15/h4H,1-3,5,11H2,(H,12,16). The van der Waals surface area contributed by atoms with E-state index in [4.69, 9.17) is 17.3 Å². The Morgan fingerprint density at radius 1 is 1.56 bits per heavy atom. The molecule has 0 saturated carbocycles. The number of nitrogens with zero attached hydrogens (tertiary/aromatic N) is 3. The van der Waals surface area contributed by atoms with Gasteiger partial charge in [-0.25, -0.2) is 4.98 Å². The minimum absolute atomic E-state index is 0.0355. The van der Waals surface area contributed by atoms with Crippen LogP contribution in [0.1, 0.15) is 6.42 Å². The Bertz CT molecular complexity index is 411. The first-order chi connectivity index (χ1) is 7.66. The monoisotopic (exact) mass is 241 g/mol. The van der Waals surface area contributed by atoms with Gasteiger partial charge in [-0.05, 0) is 18.0 Å². The maximum absolute atomic E-state index is 11.4. The Hall–Kier alpha value is -1.56. The molecule has 0 radical (unpaired) electrons. The molecule has 1 aliphatic heterocycles. The van der Waals surface area contributed by atoms with Gasteiger partial charge in [-0.1, -0.05) is 0 Å². The van der Waals surface area contributed by atoms with Gasteiger partial charge in [-0.2, -0.15) is 4.98 Å². The first kappa shape index (κ1) is 10.9. The SMILES string of the molecule is Nc1cnc(Cl)nc1N1CCCNC(=O)C1. The third-order valence-corrected chi connectivity index (χ3v) is 2.51. The molecule has 1 aliphatic rings. The van der Waals surface area contributed by atoms with E-state index in [1.807, 2.05) is 4.90 Å². The molecule has 0 unspecified atom stereocenters. The number of rotatable bonds is 1. The van der Waals surface area contributed by atoms with Crippen molar-refractivity contribution in [2.24, 2.45) is 0 Å². The third-order valence-electron chi connectivity index (χ3n) is 2.33. The van der Waals surface area contributed by atoms with Crippen molar-refractivity contribution in [1.29, 1.82) is 0 Å². The molecule has 86 valence electrons. The van der Waals surface area contributed by atoms with E-state index in [0.29, 0.717) is 18.1 Å². The van der Waals surface area contributed by atoms with Crippen molar-refractivity contribution in [1.82, 2.24) is 15.3 Å². The van der Waals surface area contributed by atoms with Gasteiger partial charge in [-0.15, -0.1) is 0 Å². The fraction of sp³-hybridized carbons (Fsp3) is 0.444. The van der Waals surface area contributed by atoms with Crippen LogP contribution in [-0.2, 0) is 4.79 Å². The lowest BCUT2D eigenvalue weighted by atomic mass is 10.3. The van der Waals surface area contributed by atoms with Crippen LogP contribution in [0.2, 0.25) is 5.28 Å². The van der Waals surface area contributed by atoms with E-state index in [1.54, 1.807) is 0 Å². The Labute approximate surface area is 97.8 Å². The van der Waals surface area contributed by atoms with Gasteiger partial charge in [-0.3, -0.25) is 4.79 Å². The first-order valence-electron chi connectivity index (χ1n) is 4.96. The average molecular weight is 242 g/mol. The zero-order valence-corrected chi connectivity index (χ0v) is 9.37. The van der Waals surface area contributed by atoms with Crippen LogP contribution in [0, 0.1) is 0 Å². The molecule has 1 aromatic rings. The Morgan fingerprint density at radius 2 is 2.38 bits per heavy atom. The molecular weight excluding hydrogens is 230 g/mol. The van der Waals surface area contributed by atoms with Gasteiger partial charge >= 0.3 is 0 Å². The lowest BCUT2D eigenvalue weighted by Gasteiger charge is -2.21. The average Bonchev–Trinajstić information content (AvgIpc) is 2.46. The van der Waals surface area contributed by atoms with Gasteiger partial charge < -0.3 is 16.0 Å². The van der Waals surface area contributed by atoms with Crippen LogP contribution in [0.3, 0.4) is 0 Å². The number of aromatic nitrogens is 2. The number of carbonyl (C=O) groups is 1. The summed E-state index contributed by atoms with van der Waals surface area (Å²) in [6, 6.07) is 0. The molecule has 2 heterocycles. The van der Waals surface area contributed by atoms with Crippen LogP contribution in [0.4, 0.5) is 11.5 Å². The summed E-state index contributed by atoms with van der Waals surface area (Å²) < 4.78 is 0. The summed E-state index contributed by atoms with van der Waals surface area (Å²) in [4.78, 5) is 21.0. The number of halogens is 1. The normalized spacial score (nSPS) is 16.8. The highest BCUT2D eigenvalue weighted by Crippen LogP contribution is 2.21. The van der Waals surface area contributed by atoms with Crippen molar-refractivity contribution in [3.63, 3.8) is 0 Å². The highest BCUT2D eigenvalue weighted by molar-refractivity contribution is 6.28. The number of nitrogen functional groups attached to an aromatic ring is 1. The lowest BCUT2D eigenvalue weighted by Crippen LogP contribution is -2.34. The van der Waals surface area contributed by atoms with Crippen molar-refractivity contribution < 1.29 is 4.79 Å². The number of anilines is 2. The molecule has 7 heteroatoms. The van der Waals surface area contributed by atoms with Crippen molar-refractivity contribution >= 4 is 29.0 Å². The van der Waals surface area contributed by atoms with Crippen molar-refractivity contribution in [3.8, 4) is 0 Å². The third kappa shape index (κ3) is 2.33. The summed E-state index contributed by atoms with van der Waals surface area (Å²) in [6.07, 6.45) is 2.31. The molecule has 0 bridgehead atoms. The van der Waals surface area contributed by atoms with Gasteiger partial charge in [0.15, 0.2) is 5.82 Å². The van der Waals surface area contributed by atoms with Crippen molar-refractivity contribution in [2.45, 2.75) is 6.42 Å². The van der Waals surface area contributed by atoms with E-state index >= 15 is 0 Å². The molecule has 1 aromatic heterocycles. The molecular formula is C9H12ClN5O. The first-order valence-corrected chi connectivity index (χ1v) is 5.34. The van der Waals surface area contributed by atoms with Crippen molar-refractivity contribution in [2.75, 3.05) is 30.3 Å². The number of amides is 1. The number of carbonyl (C=O) groups excluding carboxylic acids is 1. The fourth-order valence-corrected chi connectivity index (χ4v) is 1.73. The van der Waals surface area contributed by atoms with E-state index < -0.39 is 0 Å². The minimum Gasteiger partial charge on any atom is -0.394 e. The summed E-state index contributed by atoms with van der Waals surface area (Å²) in [7, 11) is 0. The molecule has 0 aromatic carbocycles. The predicted octanol–water partition coefficient (Wildman–Crippen LogP) is 0.0385. The second kappa shape index (κ2) is 4.52. The zero-order valence-electron chi connectivity index (χ0n) is 8.61. The Morgan fingerprint density at radius 3 is 3.19 bits per heavy atom. The zero-order chi connectivity index (χ0) is 11.5. The molecule has 0 aliphatic carbocycles. The fourth-order valence-electron chi connectivity index (χ4n) is 1.60. The molecule has 3 N–H and O–H groups in total. The highest BCUT2D eigenvalue weighted by Gasteiger charge is 2.18. The molecule has 6 nitrogen and oxygen atoms in total. The van der Waals surface area contributed by atoms with E-state index in [9.17, 15) is 4.79 Å². The summed E-state index contributed by atoms with van der Waals surface area (Å²) in [6.45, 7) is 1.64. The van der Waals surface area contributed by atoms with E-state index in [-0.39, 0.29) is 17.7 Å². The largest absolute Gasteiger partial charge is 0.394 e. The van der Waals surface area contributed by atoms with Crippen LogP contribution in [0.15, 0.2) is 6.20 Å². The van der Waals surface area contributed by atoms with E-state index in [2.05, 4.69) is 15.3 Å². The Kier molecular flexibility index (Phi) is 3.09. The number of nitrogens with one attached hydrogen (secondary N) is 1. The number of nitrogens with two attached hydrogens (primary N) is 1. The summed E-state index contributed by atoms with van der Waals surface area (Å²) >= 11 is 5.71. The van der Waals surface area contributed by atoms with Gasteiger partial charge in [0.1, 0.15) is 0 Å². The van der Waals surface area contributed by atoms with Crippen LogP contribution in [0.5, 0.6) is 0 Å². The quantitative estimate of drug-likeness (QED) is 0.678. The van der Waals surface area contributed by atoms with Crippen LogP contribution in [-0.4, -0.2) is 35.5 Å². The molecule has 2 rings (SSSR count). The van der Waals surface area contributed by atoms with Gasteiger partial charge in [0.25, 0.3) is 0 Å². The summed E-state index contributed by atoms with van der Waals surface area (Å²) in [5, 5.41) is 2.91. The van der Waals surface area contributed by atoms with Crippen LogP contribution >= 0.6 is 11.6 Å². The van der Waals surface area contributed by atoms with Crippen LogP contribution in [0.25, 0.3) is 0 Å². The highest BCUT2D eigenvalue weighted by atomic mass is 35.5. The second-order valence-corrected chi connectivity index (χ2v) is 3.88. The van der Waals surface area contributed by atoms with Gasteiger partial charge in [0.2, 0.25) is 11.2 Å². The lowest BCUT2D eigenvalue weighted by molar-refractivity contribution is -0.119. The van der Waals surface area contributed by atoms with Gasteiger partial charge in [0.05, 0.1) is 18.4 Å². The molecule has 1 fully saturated rings. The topological polar surface area (TPSA) is 84.1 Å². The molecule has 0 spiro atoms. The Balaban J connectivity index is 2.27. The molecule has 0 atom stereocenters. The molecule has 1 saturated heterocycles. The smallest absolute Gasteiger partial charge is 0.239 e. The number of hydrogen-bond acceptors (Lipinski definition) is 5. The molecule has 16 heavy (non-hydrogen) atoms. The van der Waals surface area contributed by atoms with Crippen molar-refractivity contribution in [3.05, 3.63) is 11.5 Å². The summed E-state index contributed by atoms with van der Waals surface area (Å²) in [5.74, 6) is 0.490. The minimum atomic E-state index is -0.0355. The number of hydrogen-bond donors (Lipinski definition) is 2. The maximum Gasteiger partial charge on any atom is 0.239 e. The van der Waals surface area contributed by atoms with Gasteiger partial charge in [0, 0.05) is 13.1 Å².